The summed E-state index contributed by atoms with van der Waals surface area (Å²) in [6.45, 7) is 2.49. The average molecular weight is 212 g/mol. The molecular weight excluding hydrogens is 195 g/mol. The predicted molar refractivity (Wildman–Crippen MR) is 57.2 cm³/mol. The van der Waals surface area contributed by atoms with Crippen LogP contribution in [0.5, 0.6) is 0 Å². The van der Waals surface area contributed by atoms with E-state index in [4.69, 9.17) is 4.74 Å². The summed E-state index contributed by atoms with van der Waals surface area (Å²) in [5.41, 5.74) is 1.59. The van der Waals surface area contributed by atoms with Gasteiger partial charge in [0.1, 0.15) is 5.82 Å². The Bertz CT molecular complexity index is 312. The predicted octanol–water partition coefficient (Wildman–Crippen LogP) is 2.59. The molecule has 0 amide bonds. The van der Waals surface area contributed by atoms with E-state index in [1.165, 1.54) is 12.1 Å². The average Bonchev–Trinajstić information content (AvgIpc) is 2.22. The van der Waals surface area contributed by atoms with Gasteiger partial charge in [0.05, 0.1) is 6.10 Å². The van der Waals surface area contributed by atoms with Crippen LogP contribution >= 0.6 is 0 Å². The van der Waals surface area contributed by atoms with Gasteiger partial charge in [-0.15, -0.1) is 0 Å². The van der Waals surface area contributed by atoms with E-state index in [0.717, 1.165) is 12.0 Å². The number of aliphatic hydroxyl groups is 1. The number of aliphatic hydroxyl groups excluding tert-OH is 1. The lowest BCUT2D eigenvalue weighted by Gasteiger charge is -2.13. The Hall–Kier alpha value is -0.930. The molecule has 0 aliphatic heterocycles. The van der Waals surface area contributed by atoms with Gasteiger partial charge in [0, 0.05) is 13.7 Å². The van der Waals surface area contributed by atoms with Crippen LogP contribution in [0.3, 0.4) is 0 Å². The monoisotopic (exact) mass is 212 g/mol. The highest BCUT2D eigenvalue weighted by atomic mass is 19.1. The molecule has 1 atom stereocenters. The summed E-state index contributed by atoms with van der Waals surface area (Å²) in [5, 5.41) is 9.83. The van der Waals surface area contributed by atoms with Gasteiger partial charge in [-0.1, -0.05) is 6.07 Å². The number of hydrogen-bond donors (Lipinski definition) is 1. The van der Waals surface area contributed by atoms with Gasteiger partial charge in [-0.05, 0) is 43.0 Å². The van der Waals surface area contributed by atoms with Gasteiger partial charge in [-0.3, -0.25) is 0 Å². The summed E-state index contributed by atoms with van der Waals surface area (Å²) in [6, 6.07) is 4.48. The highest BCUT2D eigenvalue weighted by Crippen LogP contribution is 2.22. The van der Waals surface area contributed by atoms with E-state index in [-0.39, 0.29) is 5.82 Å². The SMILES string of the molecule is COCCCC(O)c1cc(F)ccc1C. The summed E-state index contributed by atoms with van der Waals surface area (Å²) >= 11 is 0. The zero-order valence-electron chi connectivity index (χ0n) is 9.16. The van der Waals surface area contributed by atoms with Crippen molar-refractivity contribution in [3.05, 3.63) is 35.1 Å². The van der Waals surface area contributed by atoms with Crippen molar-refractivity contribution >= 4 is 0 Å². The van der Waals surface area contributed by atoms with Crippen LogP contribution in [0, 0.1) is 12.7 Å². The van der Waals surface area contributed by atoms with Crippen LogP contribution in [0.4, 0.5) is 4.39 Å². The minimum atomic E-state index is -0.601. The topological polar surface area (TPSA) is 29.5 Å². The first-order valence-corrected chi connectivity index (χ1v) is 5.08. The van der Waals surface area contributed by atoms with E-state index in [1.54, 1.807) is 13.2 Å². The first kappa shape index (κ1) is 12.1. The molecule has 2 nitrogen and oxygen atoms in total. The molecule has 0 radical (unpaired) electrons. The third-order valence-corrected chi connectivity index (χ3v) is 2.43. The number of ether oxygens (including phenoxy) is 1. The second-order valence-electron chi connectivity index (χ2n) is 3.65. The Morgan fingerprint density at radius 1 is 1.47 bits per heavy atom. The molecule has 0 fully saturated rings. The third-order valence-electron chi connectivity index (χ3n) is 2.43. The number of methoxy groups -OCH3 is 1. The number of benzene rings is 1. The Balaban J connectivity index is 2.64. The van der Waals surface area contributed by atoms with Gasteiger partial charge in [-0.25, -0.2) is 4.39 Å². The van der Waals surface area contributed by atoms with Crippen LogP contribution in [-0.4, -0.2) is 18.8 Å². The zero-order valence-corrected chi connectivity index (χ0v) is 9.16. The van der Waals surface area contributed by atoms with E-state index in [9.17, 15) is 9.50 Å². The van der Waals surface area contributed by atoms with Crippen molar-refractivity contribution in [1.29, 1.82) is 0 Å². The normalized spacial score (nSPS) is 12.8. The fourth-order valence-electron chi connectivity index (χ4n) is 1.55. The summed E-state index contributed by atoms with van der Waals surface area (Å²) in [7, 11) is 1.62. The lowest BCUT2D eigenvalue weighted by molar-refractivity contribution is 0.135. The van der Waals surface area contributed by atoms with E-state index >= 15 is 0 Å². The van der Waals surface area contributed by atoms with Crippen LogP contribution < -0.4 is 0 Å². The molecule has 0 bridgehead atoms. The lowest BCUT2D eigenvalue weighted by atomic mass is 10.00. The molecule has 0 heterocycles. The Morgan fingerprint density at radius 3 is 2.87 bits per heavy atom. The number of halogens is 1. The van der Waals surface area contributed by atoms with Crippen LogP contribution in [0.2, 0.25) is 0 Å². The summed E-state index contributed by atoms with van der Waals surface area (Å²) < 4.78 is 17.9. The molecule has 15 heavy (non-hydrogen) atoms. The highest BCUT2D eigenvalue weighted by Gasteiger charge is 2.10. The molecule has 1 aromatic rings. The molecule has 0 spiro atoms. The molecule has 1 N–H and O–H groups in total. The van der Waals surface area contributed by atoms with Crippen molar-refractivity contribution in [1.82, 2.24) is 0 Å². The number of rotatable bonds is 5. The minimum absolute atomic E-state index is 0.304. The fourth-order valence-corrected chi connectivity index (χ4v) is 1.55. The largest absolute Gasteiger partial charge is 0.388 e. The van der Waals surface area contributed by atoms with Gasteiger partial charge in [-0.2, -0.15) is 0 Å². The van der Waals surface area contributed by atoms with Crippen LogP contribution in [0.15, 0.2) is 18.2 Å². The molecule has 0 saturated heterocycles. The zero-order chi connectivity index (χ0) is 11.3. The van der Waals surface area contributed by atoms with Crippen molar-refractivity contribution in [3.63, 3.8) is 0 Å². The van der Waals surface area contributed by atoms with Crippen molar-refractivity contribution in [2.24, 2.45) is 0 Å². The minimum Gasteiger partial charge on any atom is -0.388 e. The number of hydrogen-bond acceptors (Lipinski definition) is 2. The molecule has 84 valence electrons. The molecular formula is C12H17FO2. The smallest absolute Gasteiger partial charge is 0.123 e. The second-order valence-corrected chi connectivity index (χ2v) is 3.65. The van der Waals surface area contributed by atoms with E-state index in [0.29, 0.717) is 18.6 Å². The Kier molecular flexibility index (Phi) is 4.72. The molecule has 1 unspecified atom stereocenters. The molecule has 0 aliphatic rings. The van der Waals surface area contributed by atoms with Crippen LogP contribution in [0.1, 0.15) is 30.1 Å². The van der Waals surface area contributed by atoms with Crippen molar-refractivity contribution in [2.45, 2.75) is 25.9 Å². The summed E-state index contributed by atoms with van der Waals surface area (Å²) in [4.78, 5) is 0. The quantitative estimate of drug-likeness (QED) is 0.760. The fraction of sp³-hybridized carbons (Fsp3) is 0.500. The first-order chi connectivity index (χ1) is 7.15. The molecule has 1 rings (SSSR count). The third kappa shape index (κ3) is 3.61. The highest BCUT2D eigenvalue weighted by molar-refractivity contribution is 5.28. The van der Waals surface area contributed by atoms with Crippen LogP contribution in [-0.2, 0) is 4.74 Å². The Labute approximate surface area is 89.7 Å². The lowest BCUT2D eigenvalue weighted by Crippen LogP contribution is -2.02. The second kappa shape index (κ2) is 5.83. The molecule has 0 aliphatic carbocycles. The van der Waals surface area contributed by atoms with Gasteiger partial charge in [0.25, 0.3) is 0 Å². The van der Waals surface area contributed by atoms with Gasteiger partial charge in [0.15, 0.2) is 0 Å². The van der Waals surface area contributed by atoms with Crippen molar-refractivity contribution in [3.8, 4) is 0 Å². The molecule has 3 heteroatoms. The maximum absolute atomic E-state index is 13.0. The maximum Gasteiger partial charge on any atom is 0.123 e. The van der Waals surface area contributed by atoms with Gasteiger partial charge in [0.2, 0.25) is 0 Å². The van der Waals surface area contributed by atoms with Crippen LogP contribution in [0.25, 0.3) is 0 Å². The Morgan fingerprint density at radius 2 is 2.20 bits per heavy atom. The summed E-state index contributed by atoms with van der Waals surface area (Å²) in [5.74, 6) is -0.304. The van der Waals surface area contributed by atoms with E-state index in [1.807, 2.05) is 6.92 Å². The first-order valence-electron chi connectivity index (χ1n) is 5.08. The standard InChI is InChI=1S/C12H17FO2/c1-9-5-6-10(13)8-11(9)12(14)4-3-7-15-2/h5-6,8,12,14H,3-4,7H2,1-2H3. The van der Waals surface area contributed by atoms with E-state index in [2.05, 4.69) is 0 Å². The van der Waals surface area contributed by atoms with Gasteiger partial charge >= 0.3 is 0 Å². The van der Waals surface area contributed by atoms with E-state index < -0.39 is 6.10 Å². The van der Waals surface area contributed by atoms with Crippen molar-refractivity contribution < 1.29 is 14.2 Å². The van der Waals surface area contributed by atoms with Gasteiger partial charge < -0.3 is 9.84 Å². The maximum atomic E-state index is 13.0. The molecule has 0 aromatic heterocycles. The molecule has 1 aromatic carbocycles. The summed E-state index contributed by atoms with van der Waals surface area (Å²) in [6.07, 6.45) is 0.766. The van der Waals surface area contributed by atoms with Crippen molar-refractivity contribution in [2.75, 3.05) is 13.7 Å². The number of aryl methyl sites for hydroxylation is 1. The molecule has 0 saturated carbocycles.